The van der Waals surface area contributed by atoms with Crippen molar-refractivity contribution in [1.29, 1.82) is 0 Å². The van der Waals surface area contributed by atoms with E-state index < -0.39 is 0 Å². The van der Waals surface area contributed by atoms with Gasteiger partial charge in [-0.25, -0.2) is 0 Å². The first kappa shape index (κ1) is 11.5. The number of amides is 1. The van der Waals surface area contributed by atoms with E-state index in [4.69, 9.17) is 0 Å². The molecule has 1 amide bonds. The van der Waals surface area contributed by atoms with Crippen LogP contribution >= 0.6 is 0 Å². The zero-order valence-corrected chi connectivity index (χ0v) is 9.71. The van der Waals surface area contributed by atoms with Crippen molar-refractivity contribution >= 4 is 5.91 Å². The van der Waals surface area contributed by atoms with E-state index in [1.807, 2.05) is 11.9 Å². The van der Waals surface area contributed by atoms with Crippen molar-refractivity contribution in [3.05, 3.63) is 0 Å². The summed E-state index contributed by atoms with van der Waals surface area (Å²) in [5.74, 6) is 0.271. The Morgan fingerprint density at radius 1 is 1.43 bits per heavy atom. The highest BCUT2D eigenvalue weighted by Gasteiger charge is 2.31. The number of nitrogens with one attached hydrogen (secondary N) is 1. The van der Waals surface area contributed by atoms with E-state index in [2.05, 4.69) is 26.1 Å². The summed E-state index contributed by atoms with van der Waals surface area (Å²) in [4.78, 5) is 14.1. The molecule has 0 spiro atoms. The van der Waals surface area contributed by atoms with Crippen LogP contribution in [0.5, 0.6) is 0 Å². The molecule has 1 heterocycles. The molecular weight excluding hydrogens is 176 g/mol. The van der Waals surface area contributed by atoms with Crippen LogP contribution in [0.25, 0.3) is 0 Å². The van der Waals surface area contributed by atoms with Crippen LogP contribution in [0.3, 0.4) is 0 Å². The molecule has 0 aromatic rings. The summed E-state index contributed by atoms with van der Waals surface area (Å²) in [6.45, 7) is 6.33. The van der Waals surface area contributed by atoms with Gasteiger partial charge in [0, 0.05) is 12.1 Å². The first-order valence-electron chi connectivity index (χ1n) is 5.57. The predicted molar refractivity (Wildman–Crippen MR) is 58.1 cm³/mol. The SMILES string of the molecule is CNC1CCCC(C)N(C(C)C)C1=O. The second-order valence-corrected chi connectivity index (χ2v) is 4.46. The zero-order chi connectivity index (χ0) is 10.7. The molecule has 1 N–H and O–H groups in total. The van der Waals surface area contributed by atoms with Gasteiger partial charge in [0.1, 0.15) is 0 Å². The Morgan fingerprint density at radius 3 is 2.57 bits per heavy atom. The van der Waals surface area contributed by atoms with Crippen LogP contribution in [0.15, 0.2) is 0 Å². The van der Waals surface area contributed by atoms with E-state index >= 15 is 0 Å². The molecule has 14 heavy (non-hydrogen) atoms. The minimum Gasteiger partial charge on any atom is -0.336 e. The average molecular weight is 198 g/mol. The lowest BCUT2D eigenvalue weighted by Gasteiger charge is -2.33. The van der Waals surface area contributed by atoms with E-state index in [0.717, 1.165) is 19.3 Å². The third-order valence-electron chi connectivity index (χ3n) is 3.05. The Bertz CT molecular complexity index is 203. The topological polar surface area (TPSA) is 32.3 Å². The number of hydrogen-bond acceptors (Lipinski definition) is 2. The fourth-order valence-electron chi connectivity index (χ4n) is 2.31. The summed E-state index contributed by atoms with van der Waals surface area (Å²) in [6, 6.07) is 0.731. The maximum atomic E-state index is 12.1. The van der Waals surface area contributed by atoms with Gasteiger partial charge in [0.05, 0.1) is 6.04 Å². The molecule has 0 bridgehead atoms. The Kier molecular flexibility index (Phi) is 3.93. The first-order valence-corrected chi connectivity index (χ1v) is 5.57. The number of rotatable bonds is 2. The van der Waals surface area contributed by atoms with E-state index in [1.165, 1.54) is 0 Å². The summed E-state index contributed by atoms with van der Waals surface area (Å²) < 4.78 is 0. The van der Waals surface area contributed by atoms with Gasteiger partial charge in [0.15, 0.2) is 0 Å². The Labute approximate surface area is 86.9 Å². The standard InChI is InChI=1S/C11H22N2O/c1-8(2)13-9(3)6-5-7-10(12-4)11(13)14/h8-10,12H,5-7H2,1-4H3. The molecule has 0 radical (unpaired) electrons. The fourth-order valence-corrected chi connectivity index (χ4v) is 2.31. The summed E-state index contributed by atoms with van der Waals surface area (Å²) >= 11 is 0. The highest BCUT2D eigenvalue weighted by Crippen LogP contribution is 2.20. The lowest BCUT2D eigenvalue weighted by Crippen LogP contribution is -2.49. The lowest BCUT2D eigenvalue weighted by atomic mass is 10.1. The molecule has 0 aromatic carbocycles. The van der Waals surface area contributed by atoms with Gasteiger partial charge in [-0.05, 0) is 47.1 Å². The number of carbonyl (C=O) groups excluding carboxylic acids is 1. The van der Waals surface area contributed by atoms with Crippen molar-refractivity contribution in [2.45, 2.75) is 58.2 Å². The molecule has 1 fully saturated rings. The van der Waals surface area contributed by atoms with Crippen LogP contribution < -0.4 is 5.32 Å². The molecular formula is C11H22N2O. The summed E-state index contributed by atoms with van der Waals surface area (Å²) in [5, 5.41) is 3.11. The van der Waals surface area contributed by atoms with E-state index in [0.29, 0.717) is 12.1 Å². The van der Waals surface area contributed by atoms with Crippen molar-refractivity contribution in [1.82, 2.24) is 10.2 Å². The predicted octanol–water partition coefficient (Wildman–Crippen LogP) is 1.38. The van der Waals surface area contributed by atoms with Gasteiger partial charge in [0.25, 0.3) is 0 Å². The van der Waals surface area contributed by atoms with Gasteiger partial charge < -0.3 is 10.2 Å². The third kappa shape index (κ3) is 2.27. The van der Waals surface area contributed by atoms with E-state index in [-0.39, 0.29) is 11.9 Å². The number of nitrogens with zero attached hydrogens (tertiary/aromatic N) is 1. The Balaban J connectivity index is 2.80. The van der Waals surface area contributed by atoms with Crippen molar-refractivity contribution in [2.75, 3.05) is 7.05 Å². The maximum absolute atomic E-state index is 12.1. The lowest BCUT2D eigenvalue weighted by molar-refractivity contribution is -0.136. The third-order valence-corrected chi connectivity index (χ3v) is 3.05. The summed E-state index contributed by atoms with van der Waals surface area (Å²) in [6.07, 6.45) is 3.24. The highest BCUT2D eigenvalue weighted by atomic mass is 16.2. The molecule has 3 nitrogen and oxygen atoms in total. The number of likely N-dealkylation sites (tertiary alicyclic amines) is 1. The average Bonchev–Trinajstić information content (AvgIpc) is 2.24. The second kappa shape index (κ2) is 4.78. The largest absolute Gasteiger partial charge is 0.336 e. The minimum absolute atomic E-state index is 0.0300. The summed E-state index contributed by atoms with van der Waals surface area (Å²) in [5.41, 5.74) is 0. The molecule has 3 heteroatoms. The quantitative estimate of drug-likeness (QED) is 0.727. The molecule has 1 aliphatic rings. The minimum atomic E-state index is 0.0300. The number of hydrogen-bond donors (Lipinski definition) is 1. The Hall–Kier alpha value is -0.570. The molecule has 0 aliphatic carbocycles. The maximum Gasteiger partial charge on any atom is 0.240 e. The number of carbonyl (C=O) groups is 1. The van der Waals surface area contributed by atoms with Crippen molar-refractivity contribution in [2.24, 2.45) is 0 Å². The van der Waals surface area contributed by atoms with E-state index in [1.54, 1.807) is 0 Å². The normalized spacial score (nSPS) is 29.5. The van der Waals surface area contributed by atoms with Crippen LogP contribution in [0, 0.1) is 0 Å². The highest BCUT2D eigenvalue weighted by molar-refractivity contribution is 5.82. The first-order chi connectivity index (χ1) is 6.57. The van der Waals surface area contributed by atoms with Gasteiger partial charge in [-0.3, -0.25) is 4.79 Å². The molecule has 1 rings (SSSR count). The fraction of sp³-hybridized carbons (Fsp3) is 0.909. The van der Waals surface area contributed by atoms with E-state index in [9.17, 15) is 4.79 Å². The molecule has 0 aromatic heterocycles. The number of likely N-dealkylation sites (N-methyl/N-ethyl adjacent to an activating group) is 1. The molecule has 1 aliphatic heterocycles. The summed E-state index contributed by atoms with van der Waals surface area (Å²) in [7, 11) is 1.87. The smallest absolute Gasteiger partial charge is 0.240 e. The van der Waals surface area contributed by atoms with Crippen LogP contribution in [0.2, 0.25) is 0 Å². The van der Waals surface area contributed by atoms with Crippen LogP contribution in [0.1, 0.15) is 40.0 Å². The van der Waals surface area contributed by atoms with Gasteiger partial charge >= 0.3 is 0 Å². The molecule has 82 valence electrons. The molecule has 1 saturated heterocycles. The molecule has 2 unspecified atom stereocenters. The van der Waals surface area contributed by atoms with Crippen LogP contribution in [0.4, 0.5) is 0 Å². The van der Waals surface area contributed by atoms with Gasteiger partial charge in [-0.1, -0.05) is 0 Å². The van der Waals surface area contributed by atoms with Crippen LogP contribution in [-0.2, 0) is 4.79 Å². The van der Waals surface area contributed by atoms with Gasteiger partial charge in [0.2, 0.25) is 5.91 Å². The van der Waals surface area contributed by atoms with Crippen LogP contribution in [-0.4, -0.2) is 36.0 Å². The Morgan fingerprint density at radius 2 is 2.07 bits per heavy atom. The second-order valence-electron chi connectivity index (χ2n) is 4.46. The van der Waals surface area contributed by atoms with Gasteiger partial charge in [-0.2, -0.15) is 0 Å². The van der Waals surface area contributed by atoms with Crippen molar-refractivity contribution in [3.63, 3.8) is 0 Å². The van der Waals surface area contributed by atoms with Crippen molar-refractivity contribution in [3.8, 4) is 0 Å². The molecule has 0 saturated carbocycles. The van der Waals surface area contributed by atoms with Gasteiger partial charge in [-0.15, -0.1) is 0 Å². The zero-order valence-electron chi connectivity index (χ0n) is 9.71. The monoisotopic (exact) mass is 198 g/mol. The van der Waals surface area contributed by atoms with Crippen molar-refractivity contribution < 1.29 is 4.79 Å². The molecule has 2 atom stereocenters.